The van der Waals surface area contributed by atoms with Gasteiger partial charge in [-0.2, -0.15) is 0 Å². The third kappa shape index (κ3) is 4.39. The van der Waals surface area contributed by atoms with E-state index in [4.69, 9.17) is 0 Å². The molecule has 4 rings (SSSR count). The van der Waals surface area contributed by atoms with Gasteiger partial charge >= 0.3 is 0 Å². The summed E-state index contributed by atoms with van der Waals surface area (Å²) in [6, 6.07) is 18.1. The van der Waals surface area contributed by atoms with Crippen molar-refractivity contribution in [3.05, 3.63) is 72.6 Å². The van der Waals surface area contributed by atoms with Crippen LogP contribution in [0.15, 0.2) is 67.0 Å². The lowest BCUT2D eigenvalue weighted by Crippen LogP contribution is -2.12. The van der Waals surface area contributed by atoms with Gasteiger partial charge in [0, 0.05) is 29.4 Å². The number of nitrogens with one attached hydrogen (secondary N) is 1. The molecule has 1 aliphatic rings. The van der Waals surface area contributed by atoms with Gasteiger partial charge in [0.15, 0.2) is 0 Å². The minimum absolute atomic E-state index is 0.147. The van der Waals surface area contributed by atoms with Gasteiger partial charge in [0.2, 0.25) is 5.91 Å². The molecular formula is C20H20N2O. The summed E-state index contributed by atoms with van der Waals surface area (Å²) in [7, 11) is 0. The number of amides is 1. The normalized spacial score (nSPS) is 13.1. The summed E-state index contributed by atoms with van der Waals surface area (Å²) in [6.07, 6.45) is 5.64. The van der Waals surface area contributed by atoms with E-state index >= 15 is 0 Å². The van der Waals surface area contributed by atoms with Crippen molar-refractivity contribution in [3.63, 3.8) is 0 Å². The molecule has 0 radical (unpaired) electrons. The highest BCUT2D eigenvalue weighted by molar-refractivity contribution is 5.96. The van der Waals surface area contributed by atoms with Crippen LogP contribution in [0.4, 0.5) is 5.69 Å². The zero-order chi connectivity index (χ0) is 16.1. The lowest BCUT2D eigenvalue weighted by molar-refractivity contribution is -0.117. The zero-order valence-electron chi connectivity index (χ0n) is 13.2. The van der Waals surface area contributed by atoms with E-state index in [-0.39, 0.29) is 11.8 Å². The SMILES string of the molecule is Cc1ccccc1.O=C(Nc1ccc2cnccc2c1)C1CC1. The Bertz CT molecular complexity index is 795. The first-order chi connectivity index (χ1) is 11.2. The fourth-order valence-corrected chi connectivity index (χ4v) is 2.29. The van der Waals surface area contributed by atoms with Crippen LogP contribution < -0.4 is 5.32 Å². The van der Waals surface area contributed by atoms with E-state index in [0.29, 0.717) is 0 Å². The number of hydrogen-bond acceptors (Lipinski definition) is 2. The number of aromatic nitrogens is 1. The fourth-order valence-electron chi connectivity index (χ4n) is 2.29. The molecule has 23 heavy (non-hydrogen) atoms. The van der Waals surface area contributed by atoms with E-state index in [2.05, 4.69) is 29.4 Å². The van der Waals surface area contributed by atoms with Gasteiger partial charge in [-0.05, 0) is 43.4 Å². The third-order valence-corrected chi connectivity index (χ3v) is 3.80. The van der Waals surface area contributed by atoms with Crippen LogP contribution in [-0.2, 0) is 4.79 Å². The predicted molar refractivity (Wildman–Crippen MR) is 94.3 cm³/mol. The van der Waals surface area contributed by atoms with Crippen molar-refractivity contribution in [3.8, 4) is 0 Å². The molecular weight excluding hydrogens is 284 g/mol. The lowest BCUT2D eigenvalue weighted by Gasteiger charge is -2.05. The Labute approximate surface area is 136 Å². The molecule has 1 fully saturated rings. The van der Waals surface area contributed by atoms with E-state index in [9.17, 15) is 4.79 Å². The molecule has 2 aromatic carbocycles. The Morgan fingerprint density at radius 3 is 2.48 bits per heavy atom. The standard InChI is InChI=1S/C13H12N2O.C7H8/c16-13(9-1-2-9)15-12-4-3-11-8-14-6-5-10(11)7-12;1-7-5-3-2-4-6-7/h3-9H,1-2H2,(H,15,16);2-6H,1H3. The van der Waals surface area contributed by atoms with Crippen molar-refractivity contribution in [1.82, 2.24) is 4.98 Å². The second-order valence-corrected chi connectivity index (χ2v) is 5.86. The van der Waals surface area contributed by atoms with Crippen LogP contribution in [-0.4, -0.2) is 10.9 Å². The number of aryl methyl sites for hydroxylation is 1. The maximum Gasteiger partial charge on any atom is 0.227 e. The number of rotatable bonds is 2. The first-order valence-corrected chi connectivity index (χ1v) is 7.89. The van der Waals surface area contributed by atoms with Crippen molar-refractivity contribution in [1.29, 1.82) is 0 Å². The van der Waals surface area contributed by atoms with Gasteiger partial charge in [0.1, 0.15) is 0 Å². The van der Waals surface area contributed by atoms with Gasteiger partial charge in [-0.25, -0.2) is 0 Å². The largest absolute Gasteiger partial charge is 0.326 e. The number of benzene rings is 2. The molecule has 116 valence electrons. The van der Waals surface area contributed by atoms with Gasteiger partial charge in [-0.15, -0.1) is 0 Å². The van der Waals surface area contributed by atoms with Crippen LogP contribution in [0.3, 0.4) is 0 Å². The molecule has 3 aromatic rings. The van der Waals surface area contributed by atoms with Crippen LogP contribution in [0.2, 0.25) is 0 Å². The van der Waals surface area contributed by atoms with Gasteiger partial charge in [-0.1, -0.05) is 42.0 Å². The summed E-state index contributed by atoms with van der Waals surface area (Å²) in [5, 5.41) is 5.13. The topological polar surface area (TPSA) is 42.0 Å². The summed E-state index contributed by atoms with van der Waals surface area (Å²) >= 11 is 0. The molecule has 1 aliphatic carbocycles. The maximum absolute atomic E-state index is 11.6. The van der Waals surface area contributed by atoms with Gasteiger partial charge in [0.25, 0.3) is 0 Å². The number of fused-ring (bicyclic) bond motifs is 1. The van der Waals surface area contributed by atoms with E-state index in [0.717, 1.165) is 29.3 Å². The average molecular weight is 304 g/mol. The number of carbonyl (C=O) groups excluding carboxylic acids is 1. The minimum atomic E-state index is 0.147. The molecule has 0 spiro atoms. The molecule has 0 aliphatic heterocycles. The minimum Gasteiger partial charge on any atom is -0.326 e. The second-order valence-electron chi connectivity index (χ2n) is 5.86. The van der Waals surface area contributed by atoms with E-state index in [1.807, 2.05) is 48.7 Å². The van der Waals surface area contributed by atoms with Crippen LogP contribution in [0, 0.1) is 12.8 Å². The Morgan fingerprint density at radius 1 is 1.04 bits per heavy atom. The fraction of sp³-hybridized carbons (Fsp3) is 0.200. The monoisotopic (exact) mass is 304 g/mol. The van der Waals surface area contributed by atoms with Crippen LogP contribution >= 0.6 is 0 Å². The molecule has 0 atom stereocenters. The molecule has 3 nitrogen and oxygen atoms in total. The summed E-state index contributed by atoms with van der Waals surface area (Å²) < 4.78 is 0. The average Bonchev–Trinajstić information content (AvgIpc) is 3.41. The first-order valence-electron chi connectivity index (χ1n) is 7.89. The summed E-state index contributed by atoms with van der Waals surface area (Å²) in [4.78, 5) is 15.6. The first kappa shape index (κ1) is 15.2. The third-order valence-electron chi connectivity index (χ3n) is 3.80. The molecule has 1 heterocycles. The van der Waals surface area contributed by atoms with Crippen LogP contribution in [0.1, 0.15) is 18.4 Å². The second kappa shape index (κ2) is 7.05. The molecule has 0 unspecified atom stereocenters. The van der Waals surface area contributed by atoms with E-state index in [1.54, 1.807) is 6.20 Å². The van der Waals surface area contributed by atoms with Crippen molar-refractivity contribution in [2.45, 2.75) is 19.8 Å². The molecule has 3 heteroatoms. The highest BCUT2D eigenvalue weighted by Crippen LogP contribution is 2.30. The molecule has 0 bridgehead atoms. The molecule has 1 aromatic heterocycles. The summed E-state index contributed by atoms with van der Waals surface area (Å²) in [5.41, 5.74) is 2.19. The Hall–Kier alpha value is -2.68. The molecule has 1 amide bonds. The Morgan fingerprint density at radius 2 is 1.83 bits per heavy atom. The number of hydrogen-bond donors (Lipinski definition) is 1. The van der Waals surface area contributed by atoms with Crippen molar-refractivity contribution in [2.24, 2.45) is 5.92 Å². The molecule has 1 N–H and O–H groups in total. The number of nitrogens with zero attached hydrogens (tertiary/aromatic N) is 1. The molecule has 1 saturated carbocycles. The molecule has 0 saturated heterocycles. The number of carbonyl (C=O) groups is 1. The highest BCUT2D eigenvalue weighted by atomic mass is 16.2. The van der Waals surface area contributed by atoms with Gasteiger partial charge in [0.05, 0.1) is 0 Å². The van der Waals surface area contributed by atoms with Gasteiger partial charge in [-0.3, -0.25) is 9.78 Å². The maximum atomic E-state index is 11.6. The van der Waals surface area contributed by atoms with Crippen molar-refractivity contribution >= 4 is 22.4 Å². The van der Waals surface area contributed by atoms with Crippen molar-refractivity contribution < 1.29 is 4.79 Å². The van der Waals surface area contributed by atoms with Crippen LogP contribution in [0.5, 0.6) is 0 Å². The van der Waals surface area contributed by atoms with E-state index < -0.39 is 0 Å². The number of pyridine rings is 1. The van der Waals surface area contributed by atoms with Crippen LogP contribution in [0.25, 0.3) is 10.8 Å². The van der Waals surface area contributed by atoms with Gasteiger partial charge < -0.3 is 5.32 Å². The quantitative estimate of drug-likeness (QED) is 0.753. The Balaban J connectivity index is 0.000000188. The summed E-state index contributed by atoms with van der Waals surface area (Å²) in [6.45, 7) is 2.08. The lowest BCUT2D eigenvalue weighted by atomic mass is 10.1. The number of anilines is 1. The van der Waals surface area contributed by atoms with Crippen molar-refractivity contribution in [2.75, 3.05) is 5.32 Å². The predicted octanol–water partition coefficient (Wildman–Crippen LogP) is 4.58. The zero-order valence-corrected chi connectivity index (χ0v) is 13.2. The van der Waals surface area contributed by atoms with E-state index in [1.165, 1.54) is 5.56 Å². The Kier molecular flexibility index (Phi) is 4.67. The smallest absolute Gasteiger partial charge is 0.227 e. The highest BCUT2D eigenvalue weighted by Gasteiger charge is 2.29. The summed E-state index contributed by atoms with van der Waals surface area (Å²) in [5.74, 6) is 0.390.